The minimum absolute atomic E-state index is 1.00. The van der Waals surface area contributed by atoms with Crippen molar-refractivity contribution in [3.05, 3.63) is 0 Å². The molecule has 0 fully saturated rings. The summed E-state index contributed by atoms with van der Waals surface area (Å²) >= 11 is 4.12. The van der Waals surface area contributed by atoms with Crippen molar-refractivity contribution in [3.63, 3.8) is 0 Å². The molecule has 0 aromatic rings. The molecule has 0 radical (unpaired) electrons. The average Bonchev–Trinajstić information content (AvgIpc) is 1.50. The maximum atomic E-state index is 7.00. The molecular formula is CH4ILiO. The van der Waals surface area contributed by atoms with Crippen molar-refractivity contribution in [2.24, 2.45) is 0 Å². The Hall–Kier alpha value is 1.29. The number of rotatable bonds is 0. The van der Waals surface area contributed by atoms with Crippen LogP contribution in [0.1, 0.15) is 0 Å². The molecule has 0 aromatic carbocycles. The van der Waals surface area contributed by atoms with Crippen LogP contribution in [0.15, 0.2) is 0 Å². The molecule has 1 N–H and O–H groups in total. The zero-order valence-corrected chi connectivity index (χ0v) is 4.98. The van der Waals surface area contributed by atoms with Crippen LogP contribution >= 0.6 is 19.9 Å². The second kappa shape index (κ2) is 28.0. The molecule has 4 heavy (non-hydrogen) atoms. The fraction of sp³-hybridized carbons (Fsp3) is 1.00. The van der Waals surface area contributed by atoms with Crippen LogP contribution in [0, 0.1) is 0 Å². The van der Waals surface area contributed by atoms with Crippen LogP contribution in [-0.4, -0.2) is 26.5 Å². The van der Waals surface area contributed by atoms with Gasteiger partial charge in [0, 0.05) is 7.11 Å². The van der Waals surface area contributed by atoms with Gasteiger partial charge in [-0.2, -0.15) is 0 Å². The van der Waals surface area contributed by atoms with Gasteiger partial charge in [-0.3, -0.25) is 0 Å². The molecule has 0 heterocycles. The second-order valence-electron chi connectivity index (χ2n) is 0. The Morgan fingerprint density at radius 1 is 1.50 bits per heavy atom. The Balaban J connectivity index is 0. The third-order valence-corrected chi connectivity index (χ3v) is 0. The van der Waals surface area contributed by atoms with Gasteiger partial charge in [-0.25, -0.2) is 0 Å². The summed E-state index contributed by atoms with van der Waals surface area (Å²) in [4.78, 5) is 0. The zero-order chi connectivity index (χ0) is 4.00. The molecule has 0 aromatic heterocycles. The van der Waals surface area contributed by atoms with Crippen LogP contribution in [-0.2, 0) is 0 Å². The van der Waals surface area contributed by atoms with Crippen molar-refractivity contribution in [2.75, 3.05) is 7.11 Å². The van der Waals surface area contributed by atoms with Gasteiger partial charge < -0.3 is 5.11 Å². The van der Waals surface area contributed by atoms with E-state index in [0.717, 1.165) is 7.11 Å². The van der Waals surface area contributed by atoms with E-state index in [2.05, 4.69) is 19.9 Å². The van der Waals surface area contributed by atoms with Crippen molar-refractivity contribution in [1.82, 2.24) is 0 Å². The van der Waals surface area contributed by atoms with Crippen molar-refractivity contribution >= 4 is 34.2 Å². The fourth-order valence-electron chi connectivity index (χ4n) is 0. The first-order chi connectivity index (χ1) is 2.00. The summed E-state index contributed by atoms with van der Waals surface area (Å²) in [6.07, 6.45) is 0. The first kappa shape index (κ1) is 8.99. The molecule has 0 rings (SSSR count). The van der Waals surface area contributed by atoms with Gasteiger partial charge in [-0.05, 0) is 0 Å². The molecule has 0 atom stereocenters. The minimum atomic E-state index is 1.00. The third kappa shape index (κ3) is 10.4. The van der Waals surface area contributed by atoms with E-state index in [1.54, 1.807) is 0 Å². The second-order valence-corrected chi connectivity index (χ2v) is 0. The van der Waals surface area contributed by atoms with Crippen molar-refractivity contribution < 1.29 is 5.11 Å². The summed E-state index contributed by atoms with van der Waals surface area (Å²) in [5.74, 6) is 0. The molecule has 22 valence electrons. The fourth-order valence-corrected chi connectivity index (χ4v) is 0. The number of halogens is 1. The van der Waals surface area contributed by atoms with Crippen molar-refractivity contribution in [3.8, 4) is 0 Å². The quantitative estimate of drug-likeness (QED) is 0.400. The predicted molar refractivity (Wildman–Crippen MR) is 27.9 cm³/mol. The zero-order valence-electron chi connectivity index (χ0n) is 2.83. The molecule has 3 heteroatoms. The molecule has 0 spiro atoms. The molecular weight excluding hydrogens is 162 g/mol. The Morgan fingerprint density at radius 3 is 1.50 bits per heavy atom. The van der Waals surface area contributed by atoms with Gasteiger partial charge in [-0.15, -0.1) is 0 Å². The summed E-state index contributed by atoms with van der Waals surface area (Å²) < 4.78 is 0. The van der Waals surface area contributed by atoms with Gasteiger partial charge in [0.1, 0.15) is 0 Å². The Kier molecular flexibility index (Phi) is 62.9. The molecule has 0 aliphatic carbocycles. The summed E-state index contributed by atoms with van der Waals surface area (Å²) in [7, 11) is 1.00. The van der Waals surface area contributed by atoms with Crippen molar-refractivity contribution in [2.45, 2.75) is 0 Å². The standard InChI is InChI=1S/CH4O.HI.Li/c1-2;;/h2H,1H3;1H;/q;;+1/p-1. The Morgan fingerprint density at radius 2 is 1.50 bits per heavy atom. The summed E-state index contributed by atoms with van der Waals surface area (Å²) in [5.41, 5.74) is 0. The van der Waals surface area contributed by atoms with E-state index in [-0.39, 0.29) is 0 Å². The van der Waals surface area contributed by atoms with Gasteiger partial charge in [0.2, 0.25) is 0 Å². The molecule has 0 aliphatic rings. The Bertz CT molecular complexity index is 8.00. The number of hydrogen-bond donors (Lipinski definition) is 1. The molecule has 0 saturated carbocycles. The predicted octanol–water partition coefficient (Wildman–Crippen LogP) is 0.113. The van der Waals surface area contributed by atoms with Crippen LogP contribution in [0.3, 0.4) is 0 Å². The summed E-state index contributed by atoms with van der Waals surface area (Å²) in [6, 6.07) is 0. The molecule has 0 bridgehead atoms. The van der Waals surface area contributed by atoms with Crippen LogP contribution < -0.4 is 0 Å². The molecule has 0 saturated heterocycles. The van der Waals surface area contributed by atoms with Crippen LogP contribution in [0.4, 0.5) is 0 Å². The van der Waals surface area contributed by atoms with Crippen LogP contribution in [0.5, 0.6) is 0 Å². The number of aliphatic hydroxyl groups is 1. The SMILES string of the molecule is CO.[Li][I]. The topological polar surface area (TPSA) is 20.2 Å². The van der Waals surface area contributed by atoms with Gasteiger partial charge in [0.15, 0.2) is 0 Å². The molecule has 1 nitrogen and oxygen atoms in total. The summed E-state index contributed by atoms with van der Waals surface area (Å²) in [5, 5.41) is 7.00. The van der Waals surface area contributed by atoms with E-state index in [4.69, 9.17) is 5.11 Å². The molecule has 0 amide bonds. The van der Waals surface area contributed by atoms with Gasteiger partial charge >= 0.3 is 34.2 Å². The molecule has 0 unspecified atom stereocenters. The maximum absolute atomic E-state index is 7.00. The van der Waals surface area contributed by atoms with Gasteiger partial charge in [-0.1, -0.05) is 0 Å². The number of aliphatic hydroxyl groups excluding tert-OH is 1. The van der Waals surface area contributed by atoms with E-state index < -0.39 is 0 Å². The van der Waals surface area contributed by atoms with Gasteiger partial charge in [0.25, 0.3) is 0 Å². The van der Waals surface area contributed by atoms with Crippen LogP contribution in [0.25, 0.3) is 0 Å². The van der Waals surface area contributed by atoms with E-state index in [9.17, 15) is 0 Å². The van der Waals surface area contributed by atoms with Crippen molar-refractivity contribution in [1.29, 1.82) is 0 Å². The average molecular weight is 166 g/mol. The van der Waals surface area contributed by atoms with E-state index in [1.165, 1.54) is 0 Å². The van der Waals surface area contributed by atoms with E-state index in [1.807, 2.05) is 14.3 Å². The number of hydrogen-bond acceptors (Lipinski definition) is 1. The van der Waals surface area contributed by atoms with Gasteiger partial charge in [0.05, 0.1) is 0 Å². The molecule has 0 aliphatic heterocycles. The monoisotopic (exact) mass is 166 g/mol. The summed E-state index contributed by atoms with van der Waals surface area (Å²) in [6.45, 7) is 0. The Labute approximate surface area is 46.3 Å². The first-order valence-electron chi connectivity index (χ1n) is 0.825. The normalized spacial score (nSPS) is 3.25. The van der Waals surface area contributed by atoms with E-state index >= 15 is 0 Å². The van der Waals surface area contributed by atoms with Crippen LogP contribution in [0.2, 0.25) is 0 Å². The van der Waals surface area contributed by atoms with E-state index in [0.29, 0.717) is 0 Å². The third-order valence-electron chi connectivity index (χ3n) is 0. The first-order valence-corrected chi connectivity index (χ1v) is 2.98.